The number of aromatic nitrogens is 1. The van der Waals surface area contributed by atoms with E-state index in [0.29, 0.717) is 0 Å². The Hall–Kier alpha value is -3.32. The van der Waals surface area contributed by atoms with E-state index in [4.69, 9.17) is 0 Å². The molecule has 5 rings (SSSR count). The van der Waals surface area contributed by atoms with Gasteiger partial charge in [-0.1, -0.05) is 104 Å². The summed E-state index contributed by atoms with van der Waals surface area (Å²) in [4.78, 5) is 0. The molecule has 0 unspecified atom stereocenters. The van der Waals surface area contributed by atoms with Crippen molar-refractivity contribution >= 4 is 21.8 Å². The zero-order chi connectivity index (χ0) is 20.6. The maximum absolute atomic E-state index is 2.34. The molecule has 146 valence electrons. The molecular weight excluding hydrogens is 350 g/mol. The Bertz CT molecular complexity index is 1110. The number of nitrogens with zero attached hydrogens (tertiary/aromatic N) is 1. The van der Waals surface area contributed by atoms with Gasteiger partial charge in [-0.15, -0.1) is 0 Å². The molecule has 1 heteroatoms. The van der Waals surface area contributed by atoms with Crippen molar-refractivity contribution in [3.63, 3.8) is 0 Å². The second-order valence-electron chi connectivity index (χ2n) is 6.86. The van der Waals surface area contributed by atoms with E-state index in [1.807, 2.05) is 32.0 Å². The number of fused-ring (bicyclic) bond motifs is 3. The number of para-hydroxylation sites is 2. The predicted molar refractivity (Wildman–Crippen MR) is 128 cm³/mol. The van der Waals surface area contributed by atoms with Gasteiger partial charge < -0.3 is 4.57 Å². The van der Waals surface area contributed by atoms with E-state index in [0.717, 1.165) is 0 Å². The summed E-state index contributed by atoms with van der Waals surface area (Å²) in [6.45, 7) is 8.20. The molecule has 0 saturated carbocycles. The monoisotopic (exact) mass is 379 g/mol. The molecule has 0 aliphatic heterocycles. The number of hydrogen-bond acceptors (Lipinski definition) is 0. The SMILES string of the molecule is CC.Cc1ccc(-n2c3ccccc3c3ccccc32)cc1.Cc1ccccc1. The Balaban J connectivity index is 0.000000226. The first-order valence-corrected chi connectivity index (χ1v) is 10.3. The van der Waals surface area contributed by atoms with Gasteiger partial charge in [-0.25, -0.2) is 0 Å². The van der Waals surface area contributed by atoms with Gasteiger partial charge in [-0.3, -0.25) is 0 Å². The lowest BCUT2D eigenvalue weighted by Crippen LogP contribution is -1.93. The number of benzene rings is 4. The van der Waals surface area contributed by atoms with E-state index in [9.17, 15) is 0 Å². The summed E-state index contributed by atoms with van der Waals surface area (Å²) in [6.07, 6.45) is 0. The van der Waals surface area contributed by atoms with Crippen molar-refractivity contribution in [1.29, 1.82) is 0 Å². The first-order valence-electron chi connectivity index (χ1n) is 10.3. The summed E-state index contributed by atoms with van der Waals surface area (Å²) in [5.74, 6) is 0. The predicted octanol–water partition coefficient (Wildman–Crippen LogP) is 8.11. The van der Waals surface area contributed by atoms with Crippen LogP contribution in [0.1, 0.15) is 25.0 Å². The third kappa shape index (κ3) is 4.57. The van der Waals surface area contributed by atoms with Gasteiger partial charge in [0.25, 0.3) is 0 Å². The Morgan fingerprint density at radius 3 is 1.31 bits per heavy atom. The van der Waals surface area contributed by atoms with Crippen LogP contribution in [0, 0.1) is 13.8 Å². The van der Waals surface area contributed by atoms with E-state index < -0.39 is 0 Å². The lowest BCUT2D eigenvalue weighted by molar-refractivity contribution is 1.17. The smallest absolute Gasteiger partial charge is 0.0541 e. The zero-order valence-corrected chi connectivity index (χ0v) is 17.8. The van der Waals surface area contributed by atoms with E-state index in [1.54, 1.807) is 0 Å². The van der Waals surface area contributed by atoms with Crippen LogP contribution in [0.4, 0.5) is 0 Å². The molecule has 1 aromatic heterocycles. The summed E-state index contributed by atoms with van der Waals surface area (Å²) >= 11 is 0. The molecule has 5 aromatic rings. The van der Waals surface area contributed by atoms with Crippen LogP contribution >= 0.6 is 0 Å². The van der Waals surface area contributed by atoms with Crippen LogP contribution in [0.3, 0.4) is 0 Å². The molecule has 0 aliphatic rings. The molecule has 0 radical (unpaired) electrons. The van der Waals surface area contributed by atoms with Crippen LogP contribution in [-0.2, 0) is 0 Å². The highest BCUT2D eigenvalue weighted by Crippen LogP contribution is 2.31. The molecule has 0 N–H and O–H groups in total. The number of hydrogen-bond donors (Lipinski definition) is 0. The first kappa shape index (κ1) is 20.4. The van der Waals surface area contributed by atoms with Gasteiger partial charge in [0, 0.05) is 16.5 Å². The lowest BCUT2D eigenvalue weighted by atomic mass is 10.2. The summed E-state index contributed by atoms with van der Waals surface area (Å²) in [7, 11) is 0. The largest absolute Gasteiger partial charge is 0.309 e. The summed E-state index contributed by atoms with van der Waals surface area (Å²) in [5, 5.41) is 2.62. The second kappa shape index (κ2) is 9.75. The van der Waals surface area contributed by atoms with Gasteiger partial charge in [0.15, 0.2) is 0 Å². The Kier molecular flexibility index (Phi) is 6.86. The molecule has 0 spiro atoms. The zero-order valence-electron chi connectivity index (χ0n) is 17.8. The first-order chi connectivity index (χ1) is 14.2. The van der Waals surface area contributed by atoms with Crippen molar-refractivity contribution in [2.75, 3.05) is 0 Å². The van der Waals surface area contributed by atoms with Crippen LogP contribution in [0.2, 0.25) is 0 Å². The van der Waals surface area contributed by atoms with Crippen LogP contribution < -0.4 is 0 Å². The maximum Gasteiger partial charge on any atom is 0.0541 e. The normalized spacial score (nSPS) is 10.1. The van der Waals surface area contributed by atoms with Crippen molar-refractivity contribution < 1.29 is 0 Å². The quantitative estimate of drug-likeness (QED) is 0.277. The fourth-order valence-electron chi connectivity index (χ4n) is 3.43. The van der Waals surface area contributed by atoms with E-state index >= 15 is 0 Å². The Morgan fingerprint density at radius 2 is 0.862 bits per heavy atom. The van der Waals surface area contributed by atoms with Gasteiger partial charge in [-0.2, -0.15) is 0 Å². The van der Waals surface area contributed by atoms with Crippen LogP contribution in [0.5, 0.6) is 0 Å². The topological polar surface area (TPSA) is 4.93 Å². The van der Waals surface area contributed by atoms with E-state index in [-0.39, 0.29) is 0 Å². The highest BCUT2D eigenvalue weighted by Gasteiger charge is 2.10. The molecule has 0 fully saturated rings. The minimum atomic E-state index is 1.22. The molecule has 29 heavy (non-hydrogen) atoms. The second-order valence-corrected chi connectivity index (χ2v) is 6.86. The fourth-order valence-corrected chi connectivity index (χ4v) is 3.43. The van der Waals surface area contributed by atoms with Crippen LogP contribution in [0.15, 0.2) is 103 Å². The van der Waals surface area contributed by atoms with Crippen LogP contribution in [-0.4, -0.2) is 4.57 Å². The third-order valence-corrected chi connectivity index (χ3v) is 4.81. The van der Waals surface area contributed by atoms with E-state index in [1.165, 1.54) is 38.6 Å². The van der Waals surface area contributed by atoms with Crippen molar-refractivity contribution in [3.05, 3.63) is 114 Å². The summed E-state index contributed by atoms with van der Waals surface area (Å²) in [5.41, 5.74) is 6.35. The van der Waals surface area contributed by atoms with E-state index in [2.05, 4.69) is 103 Å². The highest BCUT2D eigenvalue weighted by atomic mass is 15.0. The molecule has 0 bridgehead atoms. The number of rotatable bonds is 1. The van der Waals surface area contributed by atoms with Gasteiger partial charge in [0.1, 0.15) is 0 Å². The van der Waals surface area contributed by atoms with Crippen molar-refractivity contribution in [1.82, 2.24) is 4.57 Å². The molecule has 0 saturated heterocycles. The maximum atomic E-state index is 2.34. The lowest BCUT2D eigenvalue weighted by Gasteiger charge is -2.07. The third-order valence-electron chi connectivity index (χ3n) is 4.81. The molecule has 4 aromatic carbocycles. The molecule has 1 nitrogen and oxygen atoms in total. The Morgan fingerprint density at radius 1 is 0.448 bits per heavy atom. The molecule has 1 heterocycles. The van der Waals surface area contributed by atoms with Crippen molar-refractivity contribution in [2.45, 2.75) is 27.7 Å². The molecule has 0 atom stereocenters. The summed E-state index contributed by atoms with van der Waals surface area (Å²) < 4.78 is 2.34. The van der Waals surface area contributed by atoms with Gasteiger partial charge >= 0.3 is 0 Å². The van der Waals surface area contributed by atoms with Gasteiger partial charge in [0.2, 0.25) is 0 Å². The van der Waals surface area contributed by atoms with Crippen molar-refractivity contribution in [3.8, 4) is 5.69 Å². The molecule has 0 amide bonds. The highest BCUT2D eigenvalue weighted by molar-refractivity contribution is 6.09. The van der Waals surface area contributed by atoms with Crippen molar-refractivity contribution in [2.24, 2.45) is 0 Å². The summed E-state index contributed by atoms with van der Waals surface area (Å²) in [6, 6.07) is 36.2. The number of aryl methyl sites for hydroxylation is 2. The minimum Gasteiger partial charge on any atom is -0.309 e. The van der Waals surface area contributed by atoms with Gasteiger partial charge in [-0.05, 0) is 38.1 Å². The van der Waals surface area contributed by atoms with Gasteiger partial charge in [0.05, 0.1) is 11.0 Å². The average molecular weight is 380 g/mol. The molecular formula is C28H29N. The average Bonchev–Trinajstić information content (AvgIpc) is 3.11. The Labute approximate surface area is 174 Å². The fraction of sp³-hybridized carbons (Fsp3) is 0.143. The minimum absolute atomic E-state index is 1.22. The standard InChI is InChI=1S/C19H15N.C7H8.C2H6/c1-14-10-12-15(13-11-14)20-18-8-4-2-6-16(18)17-7-3-5-9-19(17)20;1-7-5-3-2-4-6-7;1-2/h2-13H,1H3;2-6H,1H3;1-2H3. The van der Waals surface area contributed by atoms with Crippen LogP contribution in [0.25, 0.3) is 27.5 Å². The molecule has 0 aliphatic carbocycles.